The van der Waals surface area contributed by atoms with Crippen LogP contribution < -0.4 is 5.32 Å². The van der Waals surface area contributed by atoms with Crippen molar-refractivity contribution in [1.29, 1.82) is 0 Å². The van der Waals surface area contributed by atoms with Crippen molar-refractivity contribution in [3.8, 4) is 22.5 Å². The van der Waals surface area contributed by atoms with E-state index >= 15 is 0 Å². The molecule has 3 aromatic heterocycles. The predicted octanol–water partition coefficient (Wildman–Crippen LogP) is 4.04. The summed E-state index contributed by atoms with van der Waals surface area (Å²) >= 11 is 0. The van der Waals surface area contributed by atoms with Gasteiger partial charge < -0.3 is 10.1 Å². The van der Waals surface area contributed by atoms with Crippen LogP contribution in [0, 0.1) is 6.92 Å². The molecule has 9 nitrogen and oxygen atoms in total. The number of rotatable bonds is 6. The number of carbonyl (C=O) groups excluding carboxylic acids is 1. The van der Waals surface area contributed by atoms with Gasteiger partial charge in [-0.25, -0.2) is 14.6 Å². The fraction of sp³-hybridized carbons (Fsp3) is 0.182. The summed E-state index contributed by atoms with van der Waals surface area (Å²) in [6.45, 7) is 1.80. The lowest BCUT2D eigenvalue weighted by atomic mass is 10.0. The van der Waals surface area contributed by atoms with Gasteiger partial charge in [-0.05, 0) is 42.3 Å². The molecule has 0 bridgehead atoms. The van der Waals surface area contributed by atoms with Crippen molar-refractivity contribution < 1.29 is 22.7 Å². The smallest absolute Gasteiger partial charge is 0.433 e. The molecule has 174 valence electrons. The molecular weight excluding hydrogens is 451 g/mol. The van der Waals surface area contributed by atoms with Gasteiger partial charge in [0.2, 0.25) is 5.95 Å². The first-order valence-corrected chi connectivity index (χ1v) is 9.94. The number of nitrogens with one attached hydrogen (secondary N) is 1. The predicted molar refractivity (Wildman–Crippen MR) is 116 cm³/mol. The number of nitrogens with zero attached hydrogens (tertiary/aromatic N) is 6. The SMILES string of the molecule is COC(=O)Cn1cc(-c2ccc(-c3cc(C)cc(Nc4nccc(C(F)(F)F)n4)c3)cn2)nn1. The van der Waals surface area contributed by atoms with Gasteiger partial charge >= 0.3 is 12.1 Å². The molecule has 1 aromatic carbocycles. The summed E-state index contributed by atoms with van der Waals surface area (Å²) in [6.07, 6.45) is -0.273. The number of benzene rings is 1. The molecule has 0 saturated heterocycles. The number of aromatic nitrogens is 6. The Hall–Kier alpha value is -4.35. The third-order valence-electron chi connectivity index (χ3n) is 4.70. The minimum atomic E-state index is -4.56. The van der Waals surface area contributed by atoms with Gasteiger partial charge in [-0.15, -0.1) is 5.10 Å². The fourth-order valence-corrected chi connectivity index (χ4v) is 3.13. The van der Waals surface area contributed by atoms with Crippen molar-refractivity contribution in [3.63, 3.8) is 0 Å². The minimum Gasteiger partial charge on any atom is -0.468 e. The first-order chi connectivity index (χ1) is 16.2. The van der Waals surface area contributed by atoms with Gasteiger partial charge in [0.15, 0.2) is 0 Å². The highest BCUT2D eigenvalue weighted by Gasteiger charge is 2.32. The lowest BCUT2D eigenvalue weighted by molar-refractivity contribution is -0.142. The van der Waals surface area contributed by atoms with Gasteiger partial charge in [-0.1, -0.05) is 17.3 Å². The summed E-state index contributed by atoms with van der Waals surface area (Å²) in [6, 6.07) is 9.86. The van der Waals surface area contributed by atoms with E-state index in [9.17, 15) is 18.0 Å². The zero-order valence-corrected chi connectivity index (χ0v) is 18.0. The lowest BCUT2D eigenvalue weighted by Crippen LogP contribution is -2.11. The monoisotopic (exact) mass is 469 g/mol. The molecule has 12 heteroatoms. The third-order valence-corrected chi connectivity index (χ3v) is 4.70. The average Bonchev–Trinajstić information content (AvgIpc) is 3.27. The second kappa shape index (κ2) is 9.25. The van der Waals surface area contributed by atoms with Crippen LogP contribution in [0.15, 0.2) is 55.0 Å². The number of methoxy groups -OCH3 is 1. The Morgan fingerprint density at radius 3 is 2.62 bits per heavy atom. The largest absolute Gasteiger partial charge is 0.468 e. The molecule has 0 spiro atoms. The van der Waals surface area contributed by atoms with E-state index < -0.39 is 17.8 Å². The van der Waals surface area contributed by atoms with Gasteiger partial charge in [0.25, 0.3) is 0 Å². The van der Waals surface area contributed by atoms with Crippen LogP contribution in [0.3, 0.4) is 0 Å². The second-order valence-corrected chi connectivity index (χ2v) is 7.29. The number of halogens is 3. The van der Waals surface area contributed by atoms with E-state index in [1.165, 1.54) is 11.8 Å². The molecule has 34 heavy (non-hydrogen) atoms. The highest BCUT2D eigenvalue weighted by molar-refractivity contribution is 5.72. The van der Waals surface area contributed by atoms with Crippen molar-refractivity contribution >= 4 is 17.6 Å². The number of anilines is 2. The first-order valence-electron chi connectivity index (χ1n) is 9.94. The number of hydrogen-bond donors (Lipinski definition) is 1. The van der Waals surface area contributed by atoms with E-state index in [0.29, 0.717) is 17.1 Å². The maximum absolute atomic E-state index is 12.9. The van der Waals surface area contributed by atoms with Crippen LogP contribution in [0.2, 0.25) is 0 Å². The first kappa shape index (κ1) is 22.8. The lowest BCUT2D eigenvalue weighted by Gasteiger charge is -2.11. The van der Waals surface area contributed by atoms with E-state index in [4.69, 9.17) is 0 Å². The highest BCUT2D eigenvalue weighted by atomic mass is 19.4. The van der Waals surface area contributed by atoms with E-state index in [2.05, 4.69) is 35.3 Å². The Balaban J connectivity index is 1.55. The van der Waals surface area contributed by atoms with Gasteiger partial charge in [0.05, 0.1) is 19.0 Å². The number of pyridine rings is 1. The van der Waals surface area contributed by atoms with Crippen LogP contribution in [0.5, 0.6) is 0 Å². The average molecular weight is 469 g/mol. The van der Waals surface area contributed by atoms with Crippen molar-refractivity contribution in [1.82, 2.24) is 29.9 Å². The number of ether oxygens (including phenoxy) is 1. The van der Waals surface area contributed by atoms with Gasteiger partial charge in [0, 0.05) is 23.6 Å². The van der Waals surface area contributed by atoms with Crippen molar-refractivity contribution in [3.05, 3.63) is 66.2 Å². The summed E-state index contributed by atoms with van der Waals surface area (Å²) < 4.78 is 44.7. The molecular formula is C22H18F3N7O2. The van der Waals surface area contributed by atoms with E-state index in [0.717, 1.165) is 29.0 Å². The van der Waals surface area contributed by atoms with E-state index in [-0.39, 0.29) is 12.5 Å². The molecule has 0 amide bonds. The molecule has 0 fully saturated rings. The molecule has 4 rings (SSSR count). The standard InChI is InChI=1S/C22H18F3N7O2/c1-13-7-15(9-16(8-13)28-21-26-6-5-19(29-21)22(23,24)25)14-3-4-17(27-10-14)18-11-32(31-30-18)12-20(33)34-2/h3-11H,12H2,1-2H3,(H,26,28,29). The number of aryl methyl sites for hydroxylation is 1. The molecule has 4 aromatic rings. The normalized spacial score (nSPS) is 11.3. The van der Waals surface area contributed by atoms with E-state index in [1.54, 1.807) is 30.6 Å². The summed E-state index contributed by atoms with van der Waals surface area (Å²) in [5.74, 6) is -0.603. The fourth-order valence-electron chi connectivity index (χ4n) is 3.13. The Kier molecular flexibility index (Phi) is 6.21. The van der Waals surface area contributed by atoms with Crippen molar-refractivity contribution in [2.24, 2.45) is 0 Å². The molecule has 0 unspecified atom stereocenters. The topological polar surface area (TPSA) is 108 Å². The zero-order valence-electron chi connectivity index (χ0n) is 18.0. The molecule has 0 aliphatic heterocycles. The van der Waals surface area contributed by atoms with Crippen LogP contribution in [-0.2, 0) is 22.3 Å². The van der Waals surface area contributed by atoms with Gasteiger partial charge in [-0.2, -0.15) is 13.2 Å². The van der Waals surface area contributed by atoms with Gasteiger partial charge in [-0.3, -0.25) is 9.78 Å². The number of hydrogen-bond acceptors (Lipinski definition) is 8. The summed E-state index contributed by atoms with van der Waals surface area (Å²) in [5, 5.41) is 10.7. The Bertz CT molecular complexity index is 1320. The van der Waals surface area contributed by atoms with Crippen LogP contribution in [0.25, 0.3) is 22.5 Å². The van der Waals surface area contributed by atoms with Crippen molar-refractivity contribution in [2.45, 2.75) is 19.6 Å². The number of alkyl halides is 3. The molecule has 3 heterocycles. The second-order valence-electron chi connectivity index (χ2n) is 7.29. The molecule has 0 aliphatic carbocycles. The maximum Gasteiger partial charge on any atom is 0.433 e. The Labute approximate surface area is 191 Å². The van der Waals surface area contributed by atoms with Crippen LogP contribution in [0.1, 0.15) is 11.3 Å². The zero-order chi connectivity index (χ0) is 24.3. The van der Waals surface area contributed by atoms with Crippen LogP contribution in [-0.4, -0.2) is 43.0 Å². The van der Waals surface area contributed by atoms with Crippen molar-refractivity contribution in [2.75, 3.05) is 12.4 Å². The number of esters is 1. The Morgan fingerprint density at radius 2 is 1.91 bits per heavy atom. The minimum absolute atomic E-state index is 0.0593. The number of carbonyl (C=O) groups is 1. The highest BCUT2D eigenvalue weighted by Crippen LogP contribution is 2.29. The molecule has 0 saturated carbocycles. The van der Waals surface area contributed by atoms with Crippen LogP contribution >= 0.6 is 0 Å². The quantitative estimate of drug-likeness (QED) is 0.422. The van der Waals surface area contributed by atoms with Gasteiger partial charge in [0.1, 0.15) is 17.9 Å². The Morgan fingerprint density at radius 1 is 1.09 bits per heavy atom. The summed E-state index contributed by atoms with van der Waals surface area (Å²) in [4.78, 5) is 23.2. The third kappa shape index (κ3) is 5.34. The summed E-state index contributed by atoms with van der Waals surface area (Å²) in [5.41, 5.74) is 3.00. The summed E-state index contributed by atoms with van der Waals surface area (Å²) in [7, 11) is 1.29. The van der Waals surface area contributed by atoms with Crippen LogP contribution in [0.4, 0.5) is 24.8 Å². The van der Waals surface area contributed by atoms with E-state index in [1.807, 2.05) is 19.1 Å². The molecule has 1 N–H and O–H groups in total. The molecule has 0 radical (unpaired) electrons. The molecule has 0 aliphatic rings. The molecule has 0 atom stereocenters. The maximum atomic E-state index is 12.9.